The molecule has 0 saturated heterocycles. The lowest BCUT2D eigenvalue weighted by Crippen LogP contribution is -2.53. The SMILES string of the molecule is CC[C@H](C(=O)N[C@@H](C)CC)N(Cc1ccc(C)cc1)C(=O)CN1C(=O)c2ccccc2S1(=O)=O. The molecule has 9 heteroatoms. The molecule has 0 fully saturated rings. The Morgan fingerprint density at radius 3 is 2.26 bits per heavy atom. The minimum absolute atomic E-state index is 0.0435. The van der Waals surface area contributed by atoms with Gasteiger partial charge in [-0.3, -0.25) is 14.4 Å². The molecule has 0 unspecified atom stereocenters. The Balaban J connectivity index is 1.92. The number of aryl methyl sites for hydroxylation is 1. The first kappa shape index (κ1) is 25.4. The van der Waals surface area contributed by atoms with Crippen molar-refractivity contribution in [3.63, 3.8) is 0 Å². The summed E-state index contributed by atoms with van der Waals surface area (Å²) in [5.41, 5.74) is 1.89. The first-order chi connectivity index (χ1) is 16.1. The second-order valence-electron chi connectivity index (χ2n) is 8.56. The quantitative estimate of drug-likeness (QED) is 0.588. The summed E-state index contributed by atoms with van der Waals surface area (Å²) in [6, 6.07) is 12.5. The van der Waals surface area contributed by atoms with Gasteiger partial charge in [0.15, 0.2) is 0 Å². The minimum Gasteiger partial charge on any atom is -0.352 e. The van der Waals surface area contributed by atoms with E-state index in [9.17, 15) is 22.8 Å². The summed E-state index contributed by atoms with van der Waals surface area (Å²) in [5.74, 6) is -1.66. The van der Waals surface area contributed by atoms with Gasteiger partial charge >= 0.3 is 0 Å². The largest absolute Gasteiger partial charge is 0.352 e. The van der Waals surface area contributed by atoms with E-state index >= 15 is 0 Å². The Morgan fingerprint density at radius 1 is 1.03 bits per heavy atom. The zero-order valence-electron chi connectivity index (χ0n) is 19.9. The van der Waals surface area contributed by atoms with Crippen LogP contribution in [0, 0.1) is 6.92 Å². The number of carbonyl (C=O) groups excluding carboxylic acids is 3. The van der Waals surface area contributed by atoms with Gasteiger partial charge in [-0.25, -0.2) is 12.7 Å². The molecular weight excluding hydrogens is 454 g/mol. The molecule has 34 heavy (non-hydrogen) atoms. The molecule has 182 valence electrons. The van der Waals surface area contributed by atoms with Crippen molar-refractivity contribution in [3.05, 3.63) is 65.2 Å². The monoisotopic (exact) mass is 485 g/mol. The zero-order valence-corrected chi connectivity index (χ0v) is 20.8. The van der Waals surface area contributed by atoms with E-state index in [1.54, 1.807) is 13.0 Å². The van der Waals surface area contributed by atoms with E-state index in [0.29, 0.717) is 10.7 Å². The third kappa shape index (κ3) is 5.14. The molecule has 2 atom stereocenters. The molecule has 1 N–H and O–H groups in total. The molecule has 3 amide bonds. The summed E-state index contributed by atoms with van der Waals surface area (Å²) in [4.78, 5) is 40.6. The van der Waals surface area contributed by atoms with Crippen LogP contribution in [-0.4, -0.2) is 54.0 Å². The van der Waals surface area contributed by atoms with Crippen LogP contribution in [-0.2, 0) is 26.2 Å². The van der Waals surface area contributed by atoms with Crippen LogP contribution in [0.5, 0.6) is 0 Å². The summed E-state index contributed by atoms with van der Waals surface area (Å²) < 4.78 is 26.5. The second kappa shape index (κ2) is 10.4. The minimum atomic E-state index is -4.14. The van der Waals surface area contributed by atoms with Gasteiger partial charge in [-0.2, -0.15) is 0 Å². The van der Waals surface area contributed by atoms with Crippen LogP contribution in [0.3, 0.4) is 0 Å². The standard InChI is InChI=1S/C25H31N3O5S/c1-5-18(4)26-24(30)21(6-2)27(15-19-13-11-17(3)12-14-19)23(29)16-28-25(31)20-9-7-8-10-22(20)34(28,32)33/h7-14,18,21H,5-6,15-16H2,1-4H3,(H,26,30)/t18-,21+/m0/s1. The Hall–Kier alpha value is -3.20. The molecule has 0 aromatic heterocycles. The molecule has 2 aromatic rings. The number of amides is 3. The van der Waals surface area contributed by atoms with Crippen molar-refractivity contribution < 1.29 is 22.8 Å². The molecule has 0 radical (unpaired) electrons. The molecule has 1 aliphatic heterocycles. The third-order valence-corrected chi connectivity index (χ3v) is 7.84. The number of rotatable bonds is 9. The van der Waals surface area contributed by atoms with Crippen LogP contribution in [0.25, 0.3) is 0 Å². The van der Waals surface area contributed by atoms with E-state index in [1.165, 1.54) is 23.1 Å². The van der Waals surface area contributed by atoms with Crippen molar-refractivity contribution in [2.75, 3.05) is 6.54 Å². The number of carbonyl (C=O) groups is 3. The smallest absolute Gasteiger partial charge is 0.269 e. The highest BCUT2D eigenvalue weighted by molar-refractivity contribution is 7.90. The van der Waals surface area contributed by atoms with E-state index < -0.39 is 34.4 Å². The molecule has 2 aromatic carbocycles. The molecule has 1 heterocycles. The number of nitrogens with zero attached hydrogens (tertiary/aromatic N) is 2. The zero-order chi connectivity index (χ0) is 25.0. The van der Waals surface area contributed by atoms with Crippen LogP contribution in [0.1, 0.15) is 55.1 Å². The van der Waals surface area contributed by atoms with Crippen LogP contribution in [0.4, 0.5) is 0 Å². The van der Waals surface area contributed by atoms with Crippen molar-refractivity contribution in [2.45, 2.75) is 64.1 Å². The summed E-state index contributed by atoms with van der Waals surface area (Å²) in [5, 5.41) is 2.91. The van der Waals surface area contributed by atoms with Gasteiger partial charge in [-0.1, -0.05) is 55.8 Å². The molecule has 3 rings (SSSR count). The first-order valence-corrected chi connectivity index (χ1v) is 12.9. The Labute approximate surface area is 201 Å². The van der Waals surface area contributed by atoms with Gasteiger partial charge in [0.05, 0.1) is 5.56 Å². The van der Waals surface area contributed by atoms with Gasteiger partial charge in [0, 0.05) is 12.6 Å². The number of sulfonamides is 1. The number of fused-ring (bicyclic) bond motifs is 1. The van der Waals surface area contributed by atoms with E-state index in [0.717, 1.165) is 17.5 Å². The lowest BCUT2D eigenvalue weighted by molar-refractivity contribution is -0.141. The molecule has 0 bridgehead atoms. The lowest BCUT2D eigenvalue weighted by atomic mass is 10.1. The van der Waals surface area contributed by atoms with Gasteiger partial charge in [0.1, 0.15) is 17.5 Å². The third-order valence-electron chi connectivity index (χ3n) is 6.05. The van der Waals surface area contributed by atoms with Gasteiger partial charge < -0.3 is 10.2 Å². The highest BCUT2D eigenvalue weighted by Gasteiger charge is 2.43. The van der Waals surface area contributed by atoms with Crippen LogP contribution in [0.2, 0.25) is 0 Å². The first-order valence-electron chi connectivity index (χ1n) is 11.4. The highest BCUT2D eigenvalue weighted by atomic mass is 32.2. The van der Waals surface area contributed by atoms with Crippen molar-refractivity contribution in [3.8, 4) is 0 Å². The van der Waals surface area contributed by atoms with Gasteiger partial charge in [-0.15, -0.1) is 0 Å². The summed E-state index contributed by atoms with van der Waals surface area (Å²) in [6.45, 7) is 7.01. The fraction of sp³-hybridized carbons (Fsp3) is 0.400. The predicted octanol–water partition coefficient (Wildman–Crippen LogP) is 2.86. The maximum atomic E-state index is 13.5. The fourth-order valence-corrected chi connectivity index (χ4v) is 5.37. The van der Waals surface area contributed by atoms with E-state index in [4.69, 9.17) is 0 Å². The van der Waals surface area contributed by atoms with Crippen molar-refractivity contribution in [1.82, 2.24) is 14.5 Å². The van der Waals surface area contributed by atoms with Gasteiger partial charge in [0.25, 0.3) is 15.9 Å². The van der Waals surface area contributed by atoms with E-state index in [-0.39, 0.29) is 29.0 Å². The van der Waals surface area contributed by atoms with Gasteiger partial charge in [0.2, 0.25) is 11.8 Å². The molecule has 0 saturated carbocycles. The highest BCUT2D eigenvalue weighted by Crippen LogP contribution is 2.30. The average molecular weight is 486 g/mol. The van der Waals surface area contributed by atoms with Crippen LogP contribution >= 0.6 is 0 Å². The predicted molar refractivity (Wildman–Crippen MR) is 128 cm³/mol. The maximum absolute atomic E-state index is 13.5. The maximum Gasteiger partial charge on any atom is 0.269 e. The van der Waals surface area contributed by atoms with Crippen LogP contribution < -0.4 is 5.32 Å². The fourth-order valence-electron chi connectivity index (χ4n) is 3.85. The lowest BCUT2D eigenvalue weighted by Gasteiger charge is -2.32. The molecule has 1 aliphatic rings. The second-order valence-corrected chi connectivity index (χ2v) is 10.4. The molecule has 0 spiro atoms. The Bertz CT molecular complexity index is 1180. The van der Waals surface area contributed by atoms with Crippen molar-refractivity contribution in [2.24, 2.45) is 0 Å². The van der Waals surface area contributed by atoms with Crippen molar-refractivity contribution >= 4 is 27.7 Å². The summed E-state index contributed by atoms with van der Waals surface area (Å²) in [6.07, 6.45) is 1.06. The van der Waals surface area contributed by atoms with Gasteiger partial charge in [-0.05, 0) is 44.4 Å². The Morgan fingerprint density at radius 2 is 1.68 bits per heavy atom. The number of hydrogen-bond donors (Lipinski definition) is 1. The number of benzene rings is 2. The summed E-state index contributed by atoms with van der Waals surface area (Å²) >= 11 is 0. The van der Waals surface area contributed by atoms with E-state index in [2.05, 4.69) is 5.32 Å². The number of nitrogens with one attached hydrogen (secondary N) is 1. The van der Waals surface area contributed by atoms with E-state index in [1.807, 2.05) is 45.0 Å². The molecule has 0 aliphatic carbocycles. The molecule has 8 nitrogen and oxygen atoms in total. The average Bonchev–Trinajstić information content (AvgIpc) is 3.00. The number of hydrogen-bond acceptors (Lipinski definition) is 5. The van der Waals surface area contributed by atoms with Crippen molar-refractivity contribution in [1.29, 1.82) is 0 Å². The Kier molecular flexibility index (Phi) is 7.76. The normalized spacial score (nSPS) is 16.0. The van der Waals surface area contributed by atoms with Crippen LogP contribution in [0.15, 0.2) is 53.4 Å². The topological polar surface area (TPSA) is 104 Å². The summed E-state index contributed by atoms with van der Waals surface area (Å²) in [7, 11) is -4.14. The molecular formula is C25H31N3O5S.